The van der Waals surface area contributed by atoms with E-state index in [9.17, 15) is 9.90 Å². The van der Waals surface area contributed by atoms with Crippen LogP contribution in [0.5, 0.6) is 0 Å². The first-order valence-electron chi connectivity index (χ1n) is 9.63. The normalized spacial score (nSPS) is 25.5. The van der Waals surface area contributed by atoms with Gasteiger partial charge in [-0.25, -0.2) is 4.79 Å². The SMILES string of the molecule is Cc1cccc(CN2CCC(NC(=O)NC3CCCCC3O)CC2)c1. The molecule has 1 aliphatic heterocycles. The van der Waals surface area contributed by atoms with Crippen molar-refractivity contribution in [1.82, 2.24) is 15.5 Å². The first-order valence-corrected chi connectivity index (χ1v) is 9.63. The van der Waals surface area contributed by atoms with Gasteiger partial charge in [-0.1, -0.05) is 42.7 Å². The molecule has 0 aromatic heterocycles. The first kappa shape index (κ1) is 18.2. The summed E-state index contributed by atoms with van der Waals surface area (Å²) in [5.74, 6) is 0. The Morgan fingerprint density at radius 3 is 2.64 bits per heavy atom. The van der Waals surface area contributed by atoms with Crippen LogP contribution in [0.2, 0.25) is 0 Å². The van der Waals surface area contributed by atoms with Crippen LogP contribution in [0.25, 0.3) is 0 Å². The van der Waals surface area contributed by atoms with Gasteiger partial charge in [0.15, 0.2) is 0 Å². The van der Waals surface area contributed by atoms with Crippen LogP contribution in [-0.4, -0.2) is 47.3 Å². The molecule has 0 bridgehead atoms. The average Bonchev–Trinajstić information content (AvgIpc) is 2.59. The molecule has 1 aromatic carbocycles. The van der Waals surface area contributed by atoms with Crippen LogP contribution < -0.4 is 10.6 Å². The van der Waals surface area contributed by atoms with Crippen molar-refractivity contribution in [3.8, 4) is 0 Å². The van der Waals surface area contributed by atoms with E-state index >= 15 is 0 Å². The minimum atomic E-state index is -0.393. The van der Waals surface area contributed by atoms with Gasteiger partial charge < -0.3 is 15.7 Å². The zero-order valence-electron chi connectivity index (χ0n) is 15.2. The number of carbonyl (C=O) groups is 1. The lowest BCUT2D eigenvalue weighted by atomic mass is 9.93. The monoisotopic (exact) mass is 345 g/mol. The van der Waals surface area contributed by atoms with E-state index in [4.69, 9.17) is 0 Å². The highest BCUT2D eigenvalue weighted by Crippen LogP contribution is 2.18. The number of likely N-dealkylation sites (tertiary alicyclic amines) is 1. The van der Waals surface area contributed by atoms with Crippen LogP contribution >= 0.6 is 0 Å². The molecule has 3 N–H and O–H groups in total. The number of amides is 2. The highest BCUT2D eigenvalue weighted by Gasteiger charge is 2.26. The van der Waals surface area contributed by atoms with Gasteiger partial charge in [-0.3, -0.25) is 4.90 Å². The van der Waals surface area contributed by atoms with Gasteiger partial charge in [0.05, 0.1) is 12.1 Å². The minimum absolute atomic E-state index is 0.0878. The molecule has 25 heavy (non-hydrogen) atoms. The summed E-state index contributed by atoms with van der Waals surface area (Å²) < 4.78 is 0. The zero-order chi connectivity index (χ0) is 17.6. The maximum absolute atomic E-state index is 12.2. The van der Waals surface area contributed by atoms with Crippen molar-refractivity contribution in [2.24, 2.45) is 0 Å². The predicted molar refractivity (Wildman–Crippen MR) is 99.4 cm³/mol. The first-order chi connectivity index (χ1) is 12.1. The molecule has 1 aromatic rings. The highest BCUT2D eigenvalue weighted by atomic mass is 16.3. The number of nitrogens with zero attached hydrogens (tertiary/aromatic N) is 1. The van der Waals surface area contributed by atoms with Crippen LogP contribution in [0.3, 0.4) is 0 Å². The van der Waals surface area contributed by atoms with Crippen molar-refractivity contribution in [3.05, 3.63) is 35.4 Å². The number of rotatable bonds is 4. The fourth-order valence-corrected chi connectivity index (χ4v) is 3.98. The summed E-state index contributed by atoms with van der Waals surface area (Å²) in [6.07, 6.45) is 5.38. The third-order valence-corrected chi connectivity index (χ3v) is 5.46. The van der Waals surface area contributed by atoms with E-state index in [1.54, 1.807) is 0 Å². The van der Waals surface area contributed by atoms with E-state index in [0.29, 0.717) is 0 Å². The molecule has 5 heteroatoms. The van der Waals surface area contributed by atoms with Crippen molar-refractivity contribution < 1.29 is 9.90 Å². The minimum Gasteiger partial charge on any atom is -0.391 e. The Labute approximate surface area is 150 Å². The van der Waals surface area contributed by atoms with Gasteiger partial charge in [-0.05, 0) is 38.2 Å². The summed E-state index contributed by atoms with van der Waals surface area (Å²) in [7, 11) is 0. The topological polar surface area (TPSA) is 64.6 Å². The largest absolute Gasteiger partial charge is 0.391 e. The number of aliphatic hydroxyl groups is 1. The number of hydrogen-bond donors (Lipinski definition) is 3. The maximum atomic E-state index is 12.2. The van der Waals surface area contributed by atoms with Crippen molar-refractivity contribution in [2.45, 2.75) is 70.2 Å². The number of hydrogen-bond acceptors (Lipinski definition) is 3. The fraction of sp³-hybridized carbons (Fsp3) is 0.650. The zero-order valence-corrected chi connectivity index (χ0v) is 15.2. The summed E-state index contributed by atoms with van der Waals surface area (Å²) in [4.78, 5) is 14.6. The van der Waals surface area contributed by atoms with Crippen molar-refractivity contribution in [1.29, 1.82) is 0 Å². The summed E-state index contributed by atoms with van der Waals surface area (Å²) in [6, 6.07) is 8.69. The number of aryl methyl sites for hydroxylation is 1. The Morgan fingerprint density at radius 2 is 1.92 bits per heavy atom. The Bertz CT molecular complexity index is 570. The van der Waals surface area contributed by atoms with Gasteiger partial charge in [0.1, 0.15) is 0 Å². The smallest absolute Gasteiger partial charge is 0.315 e. The Kier molecular flexibility index (Phi) is 6.32. The fourth-order valence-electron chi connectivity index (χ4n) is 3.98. The predicted octanol–water partition coefficient (Wildman–Crippen LogP) is 2.56. The quantitative estimate of drug-likeness (QED) is 0.786. The standard InChI is InChI=1S/C20H31N3O2/c1-15-5-4-6-16(13-15)14-23-11-9-17(10-12-23)21-20(25)22-18-7-2-3-8-19(18)24/h4-6,13,17-19,24H,2-3,7-12,14H2,1H3,(H2,21,22,25). The van der Waals surface area contributed by atoms with Gasteiger partial charge in [0, 0.05) is 25.7 Å². The molecule has 2 fully saturated rings. The van der Waals surface area contributed by atoms with Gasteiger partial charge in [-0.15, -0.1) is 0 Å². The van der Waals surface area contributed by atoms with Crippen molar-refractivity contribution in [2.75, 3.05) is 13.1 Å². The van der Waals surface area contributed by atoms with Gasteiger partial charge in [0.2, 0.25) is 0 Å². The molecular weight excluding hydrogens is 314 g/mol. The number of aliphatic hydroxyl groups excluding tert-OH is 1. The van der Waals surface area contributed by atoms with E-state index in [-0.39, 0.29) is 18.1 Å². The molecule has 2 atom stereocenters. The number of carbonyl (C=O) groups excluding carboxylic acids is 1. The summed E-state index contributed by atoms with van der Waals surface area (Å²) in [5, 5.41) is 16.0. The molecule has 138 valence electrons. The van der Waals surface area contributed by atoms with Gasteiger partial charge >= 0.3 is 6.03 Å². The summed E-state index contributed by atoms with van der Waals surface area (Å²) >= 11 is 0. The lowest BCUT2D eigenvalue weighted by Crippen LogP contribution is -2.53. The van der Waals surface area contributed by atoms with Crippen molar-refractivity contribution >= 4 is 6.03 Å². The van der Waals surface area contributed by atoms with Crippen LogP contribution in [0.1, 0.15) is 49.7 Å². The average molecular weight is 345 g/mol. The molecule has 0 radical (unpaired) electrons. The van der Waals surface area contributed by atoms with Gasteiger partial charge in [0.25, 0.3) is 0 Å². The van der Waals surface area contributed by atoms with E-state index in [1.807, 2.05) is 0 Å². The molecule has 2 amide bonds. The van der Waals surface area contributed by atoms with Crippen LogP contribution in [0, 0.1) is 6.92 Å². The van der Waals surface area contributed by atoms with Crippen LogP contribution in [0.4, 0.5) is 4.79 Å². The van der Waals surface area contributed by atoms with Crippen LogP contribution in [-0.2, 0) is 6.54 Å². The second kappa shape index (κ2) is 8.68. The third kappa shape index (κ3) is 5.44. The van der Waals surface area contributed by atoms with Crippen molar-refractivity contribution in [3.63, 3.8) is 0 Å². The van der Waals surface area contributed by atoms with E-state index in [2.05, 4.69) is 46.7 Å². The molecule has 5 nitrogen and oxygen atoms in total. The Balaban J connectivity index is 1.39. The third-order valence-electron chi connectivity index (χ3n) is 5.46. The summed E-state index contributed by atoms with van der Waals surface area (Å²) in [6.45, 7) is 5.12. The molecule has 3 rings (SSSR count). The Morgan fingerprint density at radius 1 is 1.16 bits per heavy atom. The van der Waals surface area contributed by atoms with E-state index < -0.39 is 6.10 Å². The number of benzene rings is 1. The molecule has 1 saturated carbocycles. The highest BCUT2D eigenvalue weighted by molar-refractivity contribution is 5.74. The molecule has 1 heterocycles. The molecule has 1 aliphatic carbocycles. The molecule has 0 spiro atoms. The van der Waals surface area contributed by atoms with E-state index in [1.165, 1.54) is 11.1 Å². The summed E-state index contributed by atoms with van der Waals surface area (Å²) in [5.41, 5.74) is 2.66. The lowest BCUT2D eigenvalue weighted by Gasteiger charge is -2.33. The maximum Gasteiger partial charge on any atom is 0.315 e. The second-order valence-corrected chi connectivity index (χ2v) is 7.62. The molecule has 2 aliphatic rings. The number of piperidine rings is 1. The number of urea groups is 1. The molecule has 1 saturated heterocycles. The van der Waals surface area contributed by atoms with E-state index in [0.717, 1.165) is 58.2 Å². The molecule has 2 unspecified atom stereocenters. The lowest BCUT2D eigenvalue weighted by molar-refractivity contribution is 0.0934. The second-order valence-electron chi connectivity index (χ2n) is 7.62. The Hall–Kier alpha value is -1.59. The number of nitrogens with one attached hydrogen (secondary N) is 2. The molecular formula is C20H31N3O2. The van der Waals surface area contributed by atoms with Crippen LogP contribution in [0.15, 0.2) is 24.3 Å². The van der Waals surface area contributed by atoms with Gasteiger partial charge in [-0.2, -0.15) is 0 Å².